The number of thioether (sulfide) groups is 1. The van der Waals surface area contributed by atoms with Gasteiger partial charge < -0.3 is 9.80 Å². The molecule has 0 spiro atoms. The lowest BCUT2D eigenvalue weighted by molar-refractivity contribution is 1.08. The Morgan fingerprint density at radius 1 is 0.815 bits per heavy atom. The van der Waals surface area contributed by atoms with Crippen molar-refractivity contribution in [1.82, 2.24) is 0 Å². The maximum absolute atomic E-state index is 2.37. The lowest BCUT2D eigenvalue weighted by atomic mass is 9.98. The summed E-state index contributed by atoms with van der Waals surface area (Å²) in [6.07, 6.45) is 4.66. The van der Waals surface area contributed by atoms with E-state index in [2.05, 4.69) is 108 Å². The Bertz CT molecular complexity index is 1050. The van der Waals surface area contributed by atoms with Gasteiger partial charge in [0.1, 0.15) is 0 Å². The van der Waals surface area contributed by atoms with Gasteiger partial charge in [-0.2, -0.15) is 0 Å². The SMILES string of the molecule is CN1/C(=C\C2=CCN(c3ccccc3)c3ccccc32)Sc2ccccc21. The highest BCUT2D eigenvalue weighted by atomic mass is 32.2. The molecule has 0 saturated heterocycles. The summed E-state index contributed by atoms with van der Waals surface area (Å²) < 4.78 is 0. The van der Waals surface area contributed by atoms with Crippen LogP contribution in [0.15, 0.2) is 101 Å². The van der Waals surface area contributed by atoms with Gasteiger partial charge in [0.15, 0.2) is 0 Å². The molecule has 0 aliphatic carbocycles. The molecule has 0 atom stereocenters. The van der Waals surface area contributed by atoms with E-state index in [0.29, 0.717) is 0 Å². The smallest absolute Gasteiger partial charge is 0.0805 e. The van der Waals surface area contributed by atoms with Crippen LogP contribution in [0, 0.1) is 0 Å². The van der Waals surface area contributed by atoms with Crippen LogP contribution in [0.4, 0.5) is 17.1 Å². The molecule has 2 heterocycles. The van der Waals surface area contributed by atoms with E-state index in [1.807, 2.05) is 11.8 Å². The minimum atomic E-state index is 0.876. The summed E-state index contributed by atoms with van der Waals surface area (Å²) in [5.74, 6) is 0. The summed E-state index contributed by atoms with van der Waals surface area (Å²) in [6.45, 7) is 0.876. The molecule has 0 radical (unpaired) electrons. The van der Waals surface area contributed by atoms with Crippen LogP contribution in [-0.2, 0) is 0 Å². The molecule has 0 saturated carbocycles. The number of fused-ring (bicyclic) bond motifs is 2. The highest BCUT2D eigenvalue weighted by Gasteiger charge is 2.24. The number of allylic oxidation sites excluding steroid dienone is 2. The first-order valence-corrected chi connectivity index (χ1v) is 9.97. The third kappa shape index (κ3) is 2.84. The van der Waals surface area contributed by atoms with Crippen molar-refractivity contribution in [3.05, 3.63) is 102 Å². The second-order valence-corrected chi connectivity index (χ2v) is 7.80. The Morgan fingerprint density at radius 2 is 1.52 bits per heavy atom. The molecule has 3 heteroatoms. The molecular formula is C24H20N2S. The molecule has 3 aromatic carbocycles. The molecule has 0 N–H and O–H groups in total. The second kappa shape index (κ2) is 6.67. The molecule has 2 nitrogen and oxygen atoms in total. The number of hydrogen-bond donors (Lipinski definition) is 0. The number of rotatable bonds is 2. The Kier molecular flexibility index (Phi) is 4.02. The predicted molar refractivity (Wildman–Crippen MR) is 117 cm³/mol. The first kappa shape index (κ1) is 16.3. The zero-order valence-electron chi connectivity index (χ0n) is 15.2. The zero-order chi connectivity index (χ0) is 18.2. The maximum Gasteiger partial charge on any atom is 0.0805 e. The molecule has 0 unspecified atom stereocenters. The molecule has 0 fully saturated rings. The fourth-order valence-corrected chi connectivity index (χ4v) is 4.82. The average molecular weight is 369 g/mol. The molecule has 2 aliphatic heterocycles. The Balaban J connectivity index is 1.53. The number of hydrogen-bond acceptors (Lipinski definition) is 3. The van der Waals surface area contributed by atoms with Crippen molar-refractivity contribution in [1.29, 1.82) is 0 Å². The van der Waals surface area contributed by atoms with Crippen molar-refractivity contribution >= 4 is 34.4 Å². The van der Waals surface area contributed by atoms with Gasteiger partial charge in [-0.1, -0.05) is 66.4 Å². The molecule has 3 aromatic rings. The first-order valence-electron chi connectivity index (χ1n) is 9.16. The van der Waals surface area contributed by atoms with Crippen LogP contribution in [0.3, 0.4) is 0 Å². The predicted octanol–water partition coefficient (Wildman–Crippen LogP) is 6.31. The van der Waals surface area contributed by atoms with E-state index in [9.17, 15) is 0 Å². The van der Waals surface area contributed by atoms with Gasteiger partial charge in [-0.05, 0) is 42.0 Å². The van der Waals surface area contributed by atoms with Crippen LogP contribution in [0.5, 0.6) is 0 Å². The topological polar surface area (TPSA) is 6.48 Å². The van der Waals surface area contributed by atoms with Gasteiger partial charge in [0, 0.05) is 35.4 Å². The molecule has 0 bridgehead atoms. The fourth-order valence-electron chi connectivity index (χ4n) is 3.72. The maximum atomic E-state index is 2.37. The van der Waals surface area contributed by atoms with Crippen LogP contribution in [-0.4, -0.2) is 13.6 Å². The van der Waals surface area contributed by atoms with Gasteiger partial charge in [0.2, 0.25) is 0 Å². The molecule has 2 aliphatic rings. The van der Waals surface area contributed by atoms with Gasteiger partial charge in [0.25, 0.3) is 0 Å². The Hall–Kier alpha value is -2.91. The summed E-state index contributed by atoms with van der Waals surface area (Å²) in [4.78, 5) is 5.98. The van der Waals surface area contributed by atoms with E-state index >= 15 is 0 Å². The summed E-state index contributed by atoms with van der Waals surface area (Å²) >= 11 is 1.84. The van der Waals surface area contributed by atoms with Crippen LogP contribution in [0.1, 0.15) is 5.56 Å². The molecule has 132 valence electrons. The molecule has 5 rings (SSSR count). The van der Waals surface area contributed by atoms with Gasteiger partial charge >= 0.3 is 0 Å². The Labute approximate surface area is 164 Å². The highest BCUT2D eigenvalue weighted by molar-refractivity contribution is 8.03. The average Bonchev–Trinajstić information content (AvgIpc) is 3.05. The van der Waals surface area contributed by atoms with Crippen LogP contribution in [0.2, 0.25) is 0 Å². The monoisotopic (exact) mass is 368 g/mol. The van der Waals surface area contributed by atoms with Crippen molar-refractivity contribution < 1.29 is 0 Å². The van der Waals surface area contributed by atoms with Crippen molar-refractivity contribution in [2.45, 2.75) is 4.90 Å². The fraction of sp³-hybridized carbons (Fsp3) is 0.0833. The third-order valence-electron chi connectivity index (χ3n) is 5.12. The highest BCUT2D eigenvalue weighted by Crippen LogP contribution is 2.46. The standard InChI is InChI=1S/C24H20N2S/c1-25-22-13-7-8-14-23(22)27-24(25)17-18-15-16-26(19-9-3-2-4-10-19)21-12-6-5-11-20(18)21/h2-15,17H,16H2,1H3/b24-17+. The van der Waals surface area contributed by atoms with E-state index in [0.717, 1.165) is 6.54 Å². The molecule has 27 heavy (non-hydrogen) atoms. The van der Waals surface area contributed by atoms with E-state index in [1.165, 1.54) is 38.1 Å². The van der Waals surface area contributed by atoms with Gasteiger partial charge in [-0.25, -0.2) is 0 Å². The third-order valence-corrected chi connectivity index (χ3v) is 6.28. The minimum Gasteiger partial charge on any atom is -0.338 e. The van der Waals surface area contributed by atoms with Gasteiger partial charge in [0.05, 0.1) is 10.7 Å². The van der Waals surface area contributed by atoms with Crippen LogP contribution < -0.4 is 9.80 Å². The number of nitrogens with zero attached hydrogens (tertiary/aromatic N) is 2. The van der Waals surface area contributed by atoms with Crippen LogP contribution >= 0.6 is 11.8 Å². The summed E-state index contributed by atoms with van der Waals surface area (Å²) in [6, 6.07) is 27.9. The summed E-state index contributed by atoms with van der Waals surface area (Å²) in [5, 5.41) is 1.27. The Morgan fingerprint density at radius 3 is 2.33 bits per heavy atom. The number of anilines is 3. The number of benzene rings is 3. The lowest BCUT2D eigenvalue weighted by Crippen LogP contribution is -2.21. The normalized spacial score (nSPS) is 16.9. The van der Waals surface area contributed by atoms with E-state index in [-0.39, 0.29) is 0 Å². The van der Waals surface area contributed by atoms with Gasteiger partial charge in [-0.3, -0.25) is 0 Å². The largest absolute Gasteiger partial charge is 0.338 e. The van der Waals surface area contributed by atoms with E-state index < -0.39 is 0 Å². The molecule has 0 amide bonds. The zero-order valence-corrected chi connectivity index (χ0v) is 16.0. The van der Waals surface area contributed by atoms with Crippen molar-refractivity contribution in [3.8, 4) is 0 Å². The number of para-hydroxylation sites is 3. The van der Waals surface area contributed by atoms with Crippen molar-refractivity contribution in [2.75, 3.05) is 23.4 Å². The quantitative estimate of drug-likeness (QED) is 0.524. The molecule has 0 aromatic heterocycles. The summed E-state index contributed by atoms with van der Waals surface area (Å²) in [7, 11) is 2.15. The van der Waals surface area contributed by atoms with Crippen LogP contribution in [0.25, 0.3) is 5.57 Å². The van der Waals surface area contributed by atoms with E-state index in [4.69, 9.17) is 0 Å². The summed E-state index contributed by atoms with van der Waals surface area (Å²) in [5.41, 5.74) is 6.35. The minimum absolute atomic E-state index is 0.876. The van der Waals surface area contributed by atoms with Crippen molar-refractivity contribution in [2.24, 2.45) is 0 Å². The first-order chi connectivity index (χ1) is 13.3. The van der Waals surface area contributed by atoms with Crippen molar-refractivity contribution in [3.63, 3.8) is 0 Å². The van der Waals surface area contributed by atoms with Gasteiger partial charge in [-0.15, -0.1) is 0 Å². The second-order valence-electron chi connectivity index (χ2n) is 6.73. The lowest BCUT2D eigenvalue weighted by Gasteiger charge is -2.30. The van der Waals surface area contributed by atoms with E-state index in [1.54, 1.807) is 0 Å². The molecular weight excluding hydrogens is 348 g/mol.